The number of rotatable bonds is 5. The summed E-state index contributed by atoms with van der Waals surface area (Å²) in [6.45, 7) is 0.338. The molecule has 8 nitrogen and oxygen atoms in total. The van der Waals surface area contributed by atoms with E-state index in [1.54, 1.807) is 12.1 Å². The molecule has 0 saturated carbocycles. The van der Waals surface area contributed by atoms with E-state index in [0.717, 1.165) is 5.56 Å². The van der Waals surface area contributed by atoms with Crippen LogP contribution >= 0.6 is 0 Å². The Hall–Kier alpha value is -3.13. The van der Waals surface area contributed by atoms with Gasteiger partial charge in [0.25, 0.3) is 5.69 Å². The van der Waals surface area contributed by atoms with Crippen LogP contribution in [0.25, 0.3) is 0 Å². The van der Waals surface area contributed by atoms with Gasteiger partial charge in [0, 0.05) is 28.8 Å². The molecule has 0 saturated heterocycles. The summed E-state index contributed by atoms with van der Waals surface area (Å²) in [5.41, 5.74) is 7.64. The lowest BCUT2D eigenvalue weighted by atomic mass is 10.1. The summed E-state index contributed by atoms with van der Waals surface area (Å²) in [5.74, 6) is 0.750. The lowest BCUT2D eigenvalue weighted by Gasteiger charge is -2.20. The SMILES string of the molecule is N/C(=N/OCc1cc([N+](=O)[O-])cc2c1OCOC2)c1ccccc1. The molecule has 1 heterocycles. The van der Waals surface area contributed by atoms with E-state index in [2.05, 4.69) is 5.16 Å². The van der Waals surface area contributed by atoms with Gasteiger partial charge in [0.1, 0.15) is 12.4 Å². The summed E-state index contributed by atoms with van der Waals surface area (Å²) >= 11 is 0. The Morgan fingerprint density at radius 1 is 1.33 bits per heavy atom. The van der Waals surface area contributed by atoms with Gasteiger partial charge in [-0.15, -0.1) is 0 Å². The van der Waals surface area contributed by atoms with Crippen molar-refractivity contribution >= 4 is 11.5 Å². The van der Waals surface area contributed by atoms with Crippen molar-refractivity contribution < 1.29 is 19.2 Å². The Balaban J connectivity index is 1.79. The second-order valence-electron chi connectivity index (χ2n) is 5.08. The van der Waals surface area contributed by atoms with E-state index in [0.29, 0.717) is 16.9 Å². The van der Waals surface area contributed by atoms with Crippen molar-refractivity contribution in [2.75, 3.05) is 6.79 Å². The molecule has 24 heavy (non-hydrogen) atoms. The highest BCUT2D eigenvalue weighted by atomic mass is 16.7. The fraction of sp³-hybridized carbons (Fsp3) is 0.188. The van der Waals surface area contributed by atoms with E-state index < -0.39 is 4.92 Å². The van der Waals surface area contributed by atoms with Gasteiger partial charge in [-0.1, -0.05) is 35.5 Å². The highest BCUT2D eigenvalue weighted by molar-refractivity contribution is 5.96. The molecule has 0 aromatic heterocycles. The van der Waals surface area contributed by atoms with Crippen LogP contribution in [0.2, 0.25) is 0 Å². The van der Waals surface area contributed by atoms with Gasteiger partial charge in [0.15, 0.2) is 12.6 Å². The summed E-state index contributed by atoms with van der Waals surface area (Å²) in [6, 6.07) is 12.0. The molecule has 0 radical (unpaired) electrons. The predicted molar refractivity (Wildman–Crippen MR) is 85.3 cm³/mol. The number of amidine groups is 1. The quantitative estimate of drug-likeness (QED) is 0.390. The smallest absolute Gasteiger partial charge is 0.270 e. The third-order valence-electron chi connectivity index (χ3n) is 3.44. The van der Waals surface area contributed by atoms with Gasteiger partial charge in [-0.25, -0.2) is 0 Å². The van der Waals surface area contributed by atoms with E-state index in [1.165, 1.54) is 12.1 Å². The summed E-state index contributed by atoms with van der Waals surface area (Å²) < 4.78 is 10.6. The third-order valence-corrected chi connectivity index (χ3v) is 3.44. The summed E-state index contributed by atoms with van der Waals surface area (Å²) in [5, 5.41) is 14.9. The van der Waals surface area contributed by atoms with Crippen LogP contribution in [0.15, 0.2) is 47.6 Å². The lowest BCUT2D eigenvalue weighted by molar-refractivity contribution is -0.385. The minimum absolute atomic E-state index is 0.00243. The summed E-state index contributed by atoms with van der Waals surface area (Å²) in [6.07, 6.45) is 0. The summed E-state index contributed by atoms with van der Waals surface area (Å²) in [4.78, 5) is 15.8. The molecule has 124 valence electrons. The second-order valence-corrected chi connectivity index (χ2v) is 5.08. The molecule has 0 fully saturated rings. The van der Waals surface area contributed by atoms with E-state index in [9.17, 15) is 10.1 Å². The Bertz CT molecular complexity index is 777. The Kier molecular flexibility index (Phi) is 4.57. The molecule has 2 aromatic rings. The van der Waals surface area contributed by atoms with Crippen LogP contribution in [0.1, 0.15) is 16.7 Å². The van der Waals surface area contributed by atoms with Crippen molar-refractivity contribution in [3.63, 3.8) is 0 Å². The molecule has 0 spiro atoms. The van der Waals surface area contributed by atoms with E-state index in [4.69, 9.17) is 20.0 Å². The number of nitro benzene ring substituents is 1. The van der Waals surface area contributed by atoms with Crippen LogP contribution < -0.4 is 10.5 Å². The van der Waals surface area contributed by atoms with Crippen molar-refractivity contribution in [2.45, 2.75) is 13.2 Å². The average molecular weight is 329 g/mol. The molecule has 2 N–H and O–H groups in total. The van der Waals surface area contributed by atoms with Gasteiger partial charge in [-0.3, -0.25) is 10.1 Å². The van der Waals surface area contributed by atoms with Gasteiger partial charge in [0.05, 0.1) is 11.5 Å². The maximum absolute atomic E-state index is 11.0. The highest BCUT2D eigenvalue weighted by Gasteiger charge is 2.21. The molecule has 2 aromatic carbocycles. The van der Waals surface area contributed by atoms with Crippen LogP contribution in [0.4, 0.5) is 5.69 Å². The number of nitro groups is 1. The molecule has 0 bridgehead atoms. The fourth-order valence-electron chi connectivity index (χ4n) is 2.33. The molecular formula is C16H15N3O5. The number of nitrogens with two attached hydrogens (primary N) is 1. The van der Waals surface area contributed by atoms with Crippen molar-refractivity contribution in [2.24, 2.45) is 10.9 Å². The van der Waals surface area contributed by atoms with Gasteiger partial charge < -0.3 is 20.0 Å². The number of hydrogen-bond acceptors (Lipinski definition) is 6. The number of hydrogen-bond donors (Lipinski definition) is 1. The molecule has 1 aliphatic rings. The molecule has 0 aliphatic carbocycles. The number of nitrogens with zero attached hydrogens (tertiary/aromatic N) is 2. The van der Waals surface area contributed by atoms with Gasteiger partial charge in [-0.05, 0) is 0 Å². The van der Waals surface area contributed by atoms with Crippen LogP contribution in [0.5, 0.6) is 5.75 Å². The van der Waals surface area contributed by atoms with E-state index in [1.807, 2.05) is 18.2 Å². The fourth-order valence-corrected chi connectivity index (χ4v) is 2.33. The zero-order valence-corrected chi connectivity index (χ0v) is 12.7. The van der Waals surface area contributed by atoms with Crippen molar-refractivity contribution in [1.82, 2.24) is 0 Å². The highest BCUT2D eigenvalue weighted by Crippen LogP contribution is 2.33. The minimum atomic E-state index is -0.472. The Morgan fingerprint density at radius 3 is 2.88 bits per heavy atom. The number of benzene rings is 2. The Morgan fingerprint density at radius 2 is 2.12 bits per heavy atom. The largest absolute Gasteiger partial charge is 0.467 e. The van der Waals surface area contributed by atoms with Crippen molar-refractivity contribution in [3.05, 3.63) is 69.3 Å². The number of non-ortho nitro benzene ring substituents is 1. The van der Waals surface area contributed by atoms with Gasteiger partial charge in [-0.2, -0.15) is 0 Å². The number of ether oxygens (including phenoxy) is 2. The lowest BCUT2D eigenvalue weighted by Crippen LogP contribution is -2.15. The third kappa shape index (κ3) is 3.44. The van der Waals surface area contributed by atoms with Crippen LogP contribution in [-0.4, -0.2) is 17.6 Å². The first-order valence-electron chi connectivity index (χ1n) is 7.16. The second kappa shape index (κ2) is 6.97. The van der Waals surface area contributed by atoms with Crippen molar-refractivity contribution in [1.29, 1.82) is 0 Å². The number of fused-ring (bicyclic) bond motifs is 1. The molecule has 0 atom stereocenters. The monoisotopic (exact) mass is 329 g/mol. The van der Waals surface area contributed by atoms with Gasteiger partial charge in [0.2, 0.25) is 0 Å². The average Bonchev–Trinajstić information content (AvgIpc) is 2.62. The first-order valence-corrected chi connectivity index (χ1v) is 7.16. The maximum atomic E-state index is 11.0. The maximum Gasteiger partial charge on any atom is 0.270 e. The number of oxime groups is 1. The molecule has 3 rings (SSSR count). The standard InChI is InChI=1S/C16H15N3O5/c17-16(11-4-2-1-3-5-11)18-24-9-13-7-14(19(20)21)6-12-8-22-10-23-15(12)13/h1-7H,8-10H2,(H2,17,18). The zero-order chi connectivity index (χ0) is 16.9. The van der Waals surface area contributed by atoms with Crippen LogP contribution in [0, 0.1) is 10.1 Å². The molecule has 0 amide bonds. The first-order chi connectivity index (χ1) is 11.6. The Labute approximate surface area is 137 Å². The minimum Gasteiger partial charge on any atom is -0.467 e. The molecule has 1 aliphatic heterocycles. The molecule has 0 unspecified atom stereocenters. The van der Waals surface area contributed by atoms with Crippen molar-refractivity contribution in [3.8, 4) is 5.75 Å². The predicted octanol–water partition coefficient (Wildman–Crippen LogP) is 2.30. The topological polar surface area (TPSA) is 109 Å². The normalized spacial score (nSPS) is 13.8. The van der Waals surface area contributed by atoms with Crippen LogP contribution in [0.3, 0.4) is 0 Å². The molecular weight excluding hydrogens is 314 g/mol. The van der Waals surface area contributed by atoms with Crippen LogP contribution in [-0.2, 0) is 22.8 Å². The zero-order valence-electron chi connectivity index (χ0n) is 12.7. The van der Waals surface area contributed by atoms with Gasteiger partial charge >= 0.3 is 0 Å². The first kappa shape index (κ1) is 15.8. The van der Waals surface area contributed by atoms with E-state index >= 15 is 0 Å². The summed E-state index contributed by atoms with van der Waals surface area (Å²) in [7, 11) is 0. The van der Waals surface area contributed by atoms with E-state index in [-0.39, 0.29) is 31.5 Å². The molecule has 8 heteroatoms.